The van der Waals surface area contributed by atoms with Crippen LogP contribution in [0.3, 0.4) is 0 Å². The van der Waals surface area contributed by atoms with Gasteiger partial charge in [0, 0.05) is 23.7 Å². The molecule has 0 aliphatic heterocycles. The van der Waals surface area contributed by atoms with Crippen molar-refractivity contribution in [3.8, 4) is 11.5 Å². The van der Waals surface area contributed by atoms with E-state index in [1.807, 2.05) is 0 Å². The number of fused-ring (bicyclic) bond motifs is 1. The number of nitrogens with one attached hydrogen (secondary N) is 2. The predicted octanol–water partition coefficient (Wildman–Crippen LogP) is -0.0430. The molecule has 0 bridgehead atoms. The van der Waals surface area contributed by atoms with Crippen LogP contribution in [0.4, 0.5) is 0 Å². The molecule has 0 aromatic carbocycles. The first-order valence-electron chi connectivity index (χ1n) is 6.54. The molecule has 4 heterocycles. The van der Waals surface area contributed by atoms with Crippen molar-refractivity contribution in [3.63, 3.8) is 0 Å². The second-order valence-corrected chi connectivity index (χ2v) is 5.14. The van der Waals surface area contributed by atoms with Gasteiger partial charge in [0.25, 0.3) is 0 Å². The van der Waals surface area contributed by atoms with Crippen LogP contribution in [0.2, 0.25) is 5.02 Å². The number of aliphatic hydroxyl groups is 1. The standard InChI is InChI=1S/C11H9ClN10O/c12-5-1-2-22-6(4-7(23)10-14-18-19-15-10)9(13-8(22)3-5)11-16-20-21-17-11/h1-3,7,23H,4H2,(H,14,15,18,19)(H,16,17,20,21). The van der Waals surface area contributed by atoms with Crippen molar-refractivity contribution in [2.75, 3.05) is 0 Å². The lowest BCUT2D eigenvalue weighted by Crippen LogP contribution is -2.07. The Morgan fingerprint density at radius 1 is 1.22 bits per heavy atom. The SMILES string of the molecule is OC(Cc1c(-c2nn[nH]n2)nc2cc(Cl)ccn12)c1nn[nH]n1. The minimum Gasteiger partial charge on any atom is -0.385 e. The van der Waals surface area contributed by atoms with E-state index in [1.54, 1.807) is 22.7 Å². The van der Waals surface area contributed by atoms with Crippen LogP contribution >= 0.6 is 11.6 Å². The van der Waals surface area contributed by atoms with Crippen LogP contribution in [0.5, 0.6) is 0 Å². The van der Waals surface area contributed by atoms with Gasteiger partial charge in [-0.25, -0.2) is 4.98 Å². The molecule has 1 unspecified atom stereocenters. The summed E-state index contributed by atoms with van der Waals surface area (Å²) in [5.41, 5.74) is 1.77. The molecule has 0 fully saturated rings. The first-order chi connectivity index (χ1) is 11.2. The van der Waals surface area contributed by atoms with Crippen LogP contribution in [0.25, 0.3) is 17.2 Å². The topological polar surface area (TPSA) is 146 Å². The molecule has 4 rings (SSSR count). The Balaban J connectivity index is 1.84. The Morgan fingerprint density at radius 2 is 2.04 bits per heavy atom. The fourth-order valence-corrected chi connectivity index (χ4v) is 2.45. The molecule has 12 heteroatoms. The molecular formula is C11H9ClN10O. The van der Waals surface area contributed by atoms with Gasteiger partial charge in [0.2, 0.25) is 11.6 Å². The number of nitrogens with zero attached hydrogens (tertiary/aromatic N) is 8. The number of aliphatic hydroxyl groups excluding tert-OH is 1. The number of H-pyrrole nitrogens is 2. The Hall–Kier alpha value is -2.92. The smallest absolute Gasteiger partial charge is 0.224 e. The summed E-state index contributed by atoms with van der Waals surface area (Å²) in [7, 11) is 0. The Kier molecular flexibility index (Phi) is 3.20. The lowest BCUT2D eigenvalue weighted by molar-refractivity contribution is 0.167. The molecule has 116 valence electrons. The van der Waals surface area contributed by atoms with Gasteiger partial charge in [-0.15, -0.1) is 20.4 Å². The molecule has 23 heavy (non-hydrogen) atoms. The van der Waals surface area contributed by atoms with Crippen molar-refractivity contribution in [2.45, 2.75) is 12.5 Å². The van der Waals surface area contributed by atoms with E-state index in [2.05, 4.69) is 46.2 Å². The van der Waals surface area contributed by atoms with Crippen LogP contribution in [0.15, 0.2) is 18.3 Å². The molecule has 1 atom stereocenters. The van der Waals surface area contributed by atoms with Gasteiger partial charge in [-0.3, -0.25) is 0 Å². The molecule has 11 nitrogen and oxygen atoms in total. The van der Waals surface area contributed by atoms with Crippen molar-refractivity contribution in [1.29, 1.82) is 0 Å². The highest BCUT2D eigenvalue weighted by Gasteiger charge is 2.22. The average Bonchev–Trinajstić information content (AvgIpc) is 3.28. The van der Waals surface area contributed by atoms with Crippen molar-refractivity contribution in [2.24, 2.45) is 0 Å². The fraction of sp³-hybridized carbons (Fsp3) is 0.182. The van der Waals surface area contributed by atoms with Gasteiger partial charge in [0.15, 0.2) is 0 Å². The number of hydrogen-bond donors (Lipinski definition) is 3. The Labute approximate surface area is 132 Å². The van der Waals surface area contributed by atoms with Crippen molar-refractivity contribution in [3.05, 3.63) is 34.9 Å². The molecule has 0 radical (unpaired) electrons. The molecular weight excluding hydrogens is 324 g/mol. The normalized spacial score (nSPS) is 12.8. The maximum absolute atomic E-state index is 10.3. The van der Waals surface area contributed by atoms with Crippen molar-refractivity contribution >= 4 is 17.2 Å². The van der Waals surface area contributed by atoms with E-state index in [1.165, 1.54) is 0 Å². The third-order valence-corrected chi connectivity index (χ3v) is 3.53. The van der Waals surface area contributed by atoms with Crippen molar-refractivity contribution < 1.29 is 5.11 Å². The zero-order chi connectivity index (χ0) is 15.8. The van der Waals surface area contributed by atoms with Gasteiger partial charge >= 0.3 is 0 Å². The molecule has 3 N–H and O–H groups in total. The fourth-order valence-electron chi connectivity index (χ4n) is 2.29. The quantitative estimate of drug-likeness (QED) is 0.471. The number of aromatic amines is 2. The van der Waals surface area contributed by atoms with Gasteiger partial charge in [0.1, 0.15) is 17.4 Å². The zero-order valence-electron chi connectivity index (χ0n) is 11.4. The van der Waals surface area contributed by atoms with Gasteiger partial charge < -0.3 is 9.51 Å². The second-order valence-electron chi connectivity index (χ2n) is 4.71. The van der Waals surface area contributed by atoms with E-state index in [-0.39, 0.29) is 12.2 Å². The predicted molar refractivity (Wildman–Crippen MR) is 76.2 cm³/mol. The summed E-state index contributed by atoms with van der Waals surface area (Å²) in [5, 5.41) is 38.0. The molecule has 0 aliphatic carbocycles. The number of imidazole rings is 1. The summed E-state index contributed by atoms with van der Waals surface area (Å²) < 4.78 is 1.79. The zero-order valence-corrected chi connectivity index (χ0v) is 12.2. The van der Waals surface area contributed by atoms with E-state index >= 15 is 0 Å². The van der Waals surface area contributed by atoms with Crippen LogP contribution in [-0.4, -0.2) is 55.7 Å². The number of rotatable bonds is 4. The van der Waals surface area contributed by atoms with E-state index in [0.29, 0.717) is 27.9 Å². The summed E-state index contributed by atoms with van der Waals surface area (Å²) in [4.78, 5) is 4.47. The molecule has 0 amide bonds. The largest absolute Gasteiger partial charge is 0.385 e. The summed E-state index contributed by atoms with van der Waals surface area (Å²) in [6, 6.07) is 3.43. The van der Waals surface area contributed by atoms with Gasteiger partial charge in [-0.2, -0.15) is 10.4 Å². The van der Waals surface area contributed by atoms with Gasteiger partial charge in [-0.05, 0) is 11.3 Å². The van der Waals surface area contributed by atoms with E-state index in [9.17, 15) is 5.11 Å². The summed E-state index contributed by atoms with van der Waals surface area (Å²) >= 11 is 6.01. The Bertz CT molecular complexity index is 931. The third-order valence-electron chi connectivity index (χ3n) is 3.29. The summed E-state index contributed by atoms with van der Waals surface area (Å²) in [6.45, 7) is 0. The van der Waals surface area contributed by atoms with Gasteiger partial charge in [0.05, 0.1) is 5.69 Å². The van der Waals surface area contributed by atoms with Crippen LogP contribution < -0.4 is 0 Å². The van der Waals surface area contributed by atoms with Crippen LogP contribution in [0, 0.1) is 0 Å². The molecule has 4 aromatic heterocycles. The molecule has 0 aliphatic rings. The summed E-state index contributed by atoms with van der Waals surface area (Å²) in [6.07, 6.45) is 0.980. The van der Waals surface area contributed by atoms with Crippen molar-refractivity contribution in [1.82, 2.24) is 50.6 Å². The molecule has 0 saturated carbocycles. The lowest BCUT2D eigenvalue weighted by atomic mass is 10.1. The number of halogens is 1. The number of pyridine rings is 1. The first kappa shape index (κ1) is 13.7. The minimum absolute atomic E-state index is 0.187. The molecule has 0 spiro atoms. The van der Waals surface area contributed by atoms with Crippen LogP contribution in [0.1, 0.15) is 17.6 Å². The average molecular weight is 333 g/mol. The first-order valence-corrected chi connectivity index (χ1v) is 6.92. The van der Waals surface area contributed by atoms with E-state index in [0.717, 1.165) is 0 Å². The van der Waals surface area contributed by atoms with E-state index < -0.39 is 6.10 Å². The van der Waals surface area contributed by atoms with Crippen LogP contribution in [-0.2, 0) is 6.42 Å². The summed E-state index contributed by atoms with van der Waals surface area (Å²) in [5.74, 6) is 0.508. The highest BCUT2D eigenvalue weighted by molar-refractivity contribution is 6.30. The maximum atomic E-state index is 10.3. The monoisotopic (exact) mass is 332 g/mol. The Morgan fingerprint density at radius 3 is 2.78 bits per heavy atom. The number of tetrazole rings is 2. The molecule has 4 aromatic rings. The second kappa shape index (κ2) is 5.37. The molecule has 0 saturated heterocycles. The third kappa shape index (κ3) is 2.41. The number of hydrogen-bond acceptors (Lipinski definition) is 8. The van der Waals surface area contributed by atoms with Gasteiger partial charge in [-0.1, -0.05) is 16.8 Å². The minimum atomic E-state index is -0.963. The number of aromatic nitrogens is 10. The maximum Gasteiger partial charge on any atom is 0.224 e. The highest BCUT2D eigenvalue weighted by Crippen LogP contribution is 2.26. The van der Waals surface area contributed by atoms with E-state index in [4.69, 9.17) is 11.6 Å². The lowest BCUT2D eigenvalue weighted by Gasteiger charge is -2.07. The highest BCUT2D eigenvalue weighted by atomic mass is 35.5.